The molecule has 1 aliphatic heterocycles. The fourth-order valence-electron chi connectivity index (χ4n) is 3.26. The number of hydrogen-bond acceptors (Lipinski definition) is 3. The molecular formula is C12H21NO2. The number of carbonyl (C=O) groups is 1. The third-order valence-corrected chi connectivity index (χ3v) is 4.14. The Kier molecular flexibility index (Phi) is 3.01. The third-order valence-electron chi connectivity index (χ3n) is 4.14. The highest BCUT2D eigenvalue weighted by Gasteiger charge is 2.44. The summed E-state index contributed by atoms with van der Waals surface area (Å²) in [6.07, 6.45) is 6.93. The van der Waals surface area contributed by atoms with Crippen LogP contribution in [-0.2, 0) is 9.53 Å². The summed E-state index contributed by atoms with van der Waals surface area (Å²) in [7, 11) is 1.46. The second kappa shape index (κ2) is 4.12. The Bertz CT molecular complexity index is 254. The fourth-order valence-corrected chi connectivity index (χ4v) is 3.26. The SMILES string of the molecule is COC(=O)CC1CC2CCCCC2(C)N1. The van der Waals surface area contributed by atoms with E-state index in [0.717, 1.165) is 12.3 Å². The first-order chi connectivity index (χ1) is 7.14. The number of rotatable bonds is 2. The molecule has 3 unspecified atom stereocenters. The Morgan fingerprint density at radius 1 is 1.53 bits per heavy atom. The van der Waals surface area contributed by atoms with E-state index in [9.17, 15) is 4.79 Å². The van der Waals surface area contributed by atoms with Crippen molar-refractivity contribution in [2.24, 2.45) is 5.92 Å². The lowest BCUT2D eigenvalue weighted by molar-refractivity contribution is -0.141. The maximum atomic E-state index is 11.2. The van der Waals surface area contributed by atoms with Gasteiger partial charge in [-0.2, -0.15) is 0 Å². The molecule has 2 fully saturated rings. The van der Waals surface area contributed by atoms with E-state index in [1.165, 1.54) is 32.8 Å². The van der Waals surface area contributed by atoms with Crippen molar-refractivity contribution < 1.29 is 9.53 Å². The summed E-state index contributed by atoms with van der Waals surface area (Å²) in [5, 5.41) is 3.63. The normalized spacial score (nSPS) is 39.9. The maximum absolute atomic E-state index is 11.2. The number of carbonyl (C=O) groups excluding carboxylic acids is 1. The van der Waals surface area contributed by atoms with E-state index in [1.54, 1.807) is 0 Å². The molecule has 0 aromatic heterocycles. The summed E-state index contributed by atoms with van der Waals surface area (Å²) < 4.78 is 4.72. The zero-order valence-corrected chi connectivity index (χ0v) is 9.71. The zero-order valence-electron chi connectivity index (χ0n) is 9.71. The van der Waals surface area contributed by atoms with Gasteiger partial charge in [0.2, 0.25) is 0 Å². The molecule has 3 nitrogen and oxygen atoms in total. The molecule has 0 spiro atoms. The largest absolute Gasteiger partial charge is 0.469 e. The van der Waals surface area contributed by atoms with E-state index in [4.69, 9.17) is 4.74 Å². The molecule has 0 bridgehead atoms. The van der Waals surface area contributed by atoms with E-state index < -0.39 is 0 Å². The van der Waals surface area contributed by atoms with Crippen molar-refractivity contribution in [3.05, 3.63) is 0 Å². The van der Waals surface area contributed by atoms with Crippen LogP contribution in [0, 0.1) is 5.92 Å². The third kappa shape index (κ3) is 2.17. The molecule has 0 amide bonds. The van der Waals surface area contributed by atoms with Gasteiger partial charge in [-0.25, -0.2) is 0 Å². The van der Waals surface area contributed by atoms with Crippen molar-refractivity contribution in [3.8, 4) is 0 Å². The molecule has 3 atom stereocenters. The van der Waals surface area contributed by atoms with Gasteiger partial charge in [-0.05, 0) is 32.1 Å². The van der Waals surface area contributed by atoms with Crippen molar-refractivity contribution in [2.45, 2.75) is 57.0 Å². The molecule has 0 aromatic carbocycles. The standard InChI is InChI=1S/C12H21NO2/c1-12-6-4-3-5-9(12)7-10(13-12)8-11(14)15-2/h9-10,13H,3-8H2,1-2H3. The summed E-state index contributed by atoms with van der Waals surface area (Å²) in [6.45, 7) is 2.31. The molecular weight excluding hydrogens is 190 g/mol. The molecule has 1 saturated carbocycles. The molecule has 1 aliphatic carbocycles. The number of fused-ring (bicyclic) bond motifs is 1. The minimum absolute atomic E-state index is 0.0882. The van der Waals surface area contributed by atoms with Crippen LogP contribution in [0.25, 0.3) is 0 Å². The van der Waals surface area contributed by atoms with Crippen LogP contribution in [0.3, 0.4) is 0 Å². The average molecular weight is 211 g/mol. The molecule has 1 saturated heterocycles. The van der Waals surface area contributed by atoms with E-state index in [0.29, 0.717) is 12.5 Å². The van der Waals surface area contributed by atoms with E-state index in [2.05, 4.69) is 12.2 Å². The van der Waals surface area contributed by atoms with Crippen LogP contribution in [0.2, 0.25) is 0 Å². The van der Waals surface area contributed by atoms with E-state index in [1.807, 2.05) is 0 Å². The first kappa shape index (κ1) is 10.9. The van der Waals surface area contributed by atoms with Gasteiger partial charge in [-0.15, -0.1) is 0 Å². The first-order valence-electron chi connectivity index (χ1n) is 5.98. The zero-order chi connectivity index (χ0) is 10.9. The quantitative estimate of drug-likeness (QED) is 0.708. The predicted molar refractivity (Wildman–Crippen MR) is 58.5 cm³/mol. The van der Waals surface area contributed by atoms with Gasteiger partial charge in [0.05, 0.1) is 13.5 Å². The maximum Gasteiger partial charge on any atom is 0.307 e. The van der Waals surface area contributed by atoms with E-state index in [-0.39, 0.29) is 11.5 Å². The Hall–Kier alpha value is -0.570. The summed E-state index contributed by atoms with van der Waals surface area (Å²) in [5.74, 6) is 0.677. The number of nitrogens with one attached hydrogen (secondary N) is 1. The second-order valence-corrected chi connectivity index (χ2v) is 5.22. The number of esters is 1. The first-order valence-corrected chi connectivity index (χ1v) is 5.98. The highest BCUT2D eigenvalue weighted by molar-refractivity contribution is 5.70. The fraction of sp³-hybridized carbons (Fsp3) is 0.917. The van der Waals surface area contributed by atoms with Gasteiger partial charge in [-0.3, -0.25) is 4.79 Å². The Labute approximate surface area is 91.6 Å². The number of methoxy groups -OCH3 is 1. The van der Waals surface area contributed by atoms with Crippen molar-refractivity contribution >= 4 is 5.97 Å². The van der Waals surface area contributed by atoms with Gasteiger partial charge in [0, 0.05) is 11.6 Å². The molecule has 2 aliphatic rings. The second-order valence-electron chi connectivity index (χ2n) is 5.22. The number of ether oxygens (including phenoxy) is 1. The molecule has 3 heteroatoms. The van der Waals surface area contributed by atoms with Crippen LogP contribution < -0.4 is 5.32 Å². The van der Waals surface area contributed by atoms with Crippen molar-refractivity contribution in [3.63, 3.8) is 0 Å². The lowest BCUT2D eigenvalue weighted by Gasteiger charge is -2.36. The molecule has 1 N–H and O–H groups in total. The van der Waals surface area contributed by atoms with Gasteiger partial charge < -0.3 is 10.1 Å². The topological polar surface area (TPSA) is 38.3 Å². The van der Waals surface area contributed by atoms with Crippen LogP contribution in [0.1, 0.15) is 45.4 Å². The monoisotopic (exact) mass is 211 g/mol. The van der Waals surface area contributed by atoms with Crippen molar-refractivity contribution in [1.29, 1.82) is 0 Å². The van der Waals surface area contributed by atoms with Crippen LogP contribution >= 0.6 is 0 Å². The Morgan fingerprint density at radius 3 is 3.00 bits per heavy atom. The summed E-state index contributed by atoms with van der Waals surface area (Å²) in [5.41, 5.74) is 0.289. The van der Waals surface area contributed by atoms with Crippen LogP contribution in [-0.4, -0.2) is 24.7 Å². The smallest absolute Gasteiger partial charge is 0.307 e. The highest BCUT2D eigenvalue weighted by Crippen LogP contribution is 2.41. The van der Waals surface area contributed by atoms with Gasteiger partial charge >= 0.3 is 5.97 Å². The Balaban J connectivity index is 1.94. The van der Waals surface area contributed by atoms with Crippen LogP contribution in [0.4, 0.5) is 0 Å². The van der Waals surface area contributed by atoms with E-state index >= 15 is 0 Å². The Morgan fingerprint density at radius 2 is 2.33 bits per heavy atom. The predicted octanol–water partition coefficient (Wildman–Crippen LogP) is 1.86. The molecule has 1 heterocycles. The van der Waals surface area contributed by atoms with Crippen molar-refractivity contribution in [2.75, 3.05) is 7.11 Å². The van der Waals surface area contributed by atoms with Crippen LogP contribution in [0.15, 0.2) is 0 Å². The minimum atomic E-state index is -0.0882. The highest BCUT2D eigenvalue weighted by atomic mass is 16.5. The summed E-state index contributed by atoms with van der Waals surface area (Å²) in [4.78, 5) is 11.2. The average Bonchev–Trinajstić information content (AvgIpc) is 2.53. The molecule has 15 heavy (non-hydrogen) atoms. The lowest BCUT2D eigenvalue weighted by atomic mass is 9.75. The molecule has 2 rings (SSSR count). The minimum Gasteiger partial charge on any atom is -0.469 e. The van der Waals surface area contributed by atoms with Gasteiger partial charge in [0.1, 0.15) is 0 Å². The van der Waals surface area contributed by atoms with Crippen LogP contribution in [0.5, 0.6) is 0 Å². The lowest BCUT2D eigenvalue weighted by Crippen LogP contribution is -2.46. The van der Waals surface area contributed by atoms with Gasteiger partial charge in [0.15, 0.2) is 0 Å². The number of hydrogen-bond donors (Lipinski definition) is 1. The van der Waals surface area contributed by atoms with Gasteiger partial charge in [0.25, 0.3) is 0 Å². The molecule has 86 valence electrons. The molecule has 0 radical (unpaired) electrons. The van der Waals surface area contributed by atoms with Gasteiger partial charge in [-0.1, -0.05) is 12.8 Å². The van der Waals surface area contributed by atoms with Crippen molar-refractivity contribution in [1.82, 2.24) is 5.32 Å². The summed E-state index contributed by atoms with van der Waals surface area (Å²) >= 11 is 0. The summed E-state index contributed by atoms with van der Waals surface area (Å²) in [6, 6.07) is 0.338. The molecule has 0 aromatic rings.